The first-order chi connectivity index (χ1) is 15.9. The van der Waals surface area contributed by atoms with Crippen LogP contribution in [0.5, 0.6) is 0 Å². The first-order valence-electron chi connectivity index (χ1n) is 12.6. The summed E-state index contributed by atoms with van der Waals surface area (Å²) in [6.45, 7) is 8.28. The molecule has 33 heavy (non-hydrogen) atoms. The van der Waals surface area contributed by atoms with Gasteiger partial charge in [-0.1, -0.05) is 19.9 Å². The number of amides is 2. The topological polar surface area (TPSA) is 87.5 Å². The molecule has 2 bridgehead atoms. The molecule has 3 aliphatic carbocycles. The van der Waals surface area contributed by atoms with Crippen LogP contribution in [0.25, 0.3) is 5.65 Å². The van der Waals surface area contributed by atoms with Crippen LogP contribution in [0, 0.1) is 29.1 Å². The molecule has 2 aromatic rings. The predicted octanol–water partition coefficient (Wildman–Crippen LogP) is 2.79. The van der Waals surface area contributed by atoms with Crippen LogP contribution in [-0.2, 0) is 11.2 Å². The summed E-state index contributed by atoms with van der Waals surface area (Å²) in [4.78, 5) is 30.1. The number of piperidine rings is 1. The van der Waals surface area contributed by atoms with E-state index in [4.69, 9.17) is 0 Å². The monoisotopic (exact) mass is 451 g/mol. The maximum absolute atomic E-state index is 13.0. The predicted molar refractivity (Wildman–Crippen MR) is 128 cm³/mol. The van der Waals surface area contributed by atoms with Gasteiger partial charge in [-0.3, -0.25) is 14.0 Å². The highest BCUT2D eigenvalue weighted by Crippen LogP contribution is 2.61. The van der Waals surface area contributed by atoms with Crippen LogP contribution in [-0.4, -0.2) is 47.4 Å². The molecule has 3 heterocycles. The first-order valence-corrected chi connectivity index (χ1v) is 12.6. The largest absolute Gasteiger partial charge is 0.355 e. The van der Waals surface area contributed by atoms with E-state index >= 15 is 0 Å². The van der Waals surface area contributed by atoms with E-state index < -0.39 is 0 Å². The van der Waals surface area contributed by atoms with Crippen molar-refractivity contribution >= 4 is 17.5 Å². The highest BCUT2D eigenvalue weighted by atomic mass is 16.2. The second kappa shape index (κ2) is 9.09. The molecule has 0 unspecified atom stereocenters. The quantitative estimate of drug-likeness (QED) is 0.604. The van der Waals surface area contributed by atoms with Gasteiger partial charge in [0.1, 0.15) is 11.3 Å². The lowest BCUT2D eigenvalue weighted by molar-refractivity contribution is -0.120. The van der Waals surface area contributed by atoms with Crippen molar-refractivity contribution in [2.24, 2.45) is 29.1 Å². The summed E-state index contributed by atoms with van der Waals surface area (Å²) in [6, 6.07) is 5.57. The van der Waals surface area contributed by atoms with Crippen LogP contribution in [0.3, 0.4) is 0 Å². The molecule has 0 aromatic carbocycles. The second-order valence-corrected chi connectivity index (χ2v) is 11.0. The summed E-state index contributed by atoms with van der Waals surface area (Å²) in [5.41, 5.74) is 2.38. The molecule has 178 valence electrons. The van der Waals surface area contributed by atoms with E-state index in [9.17, 15) is 9.59 Å². The Morgan fingerprint density at radius 2 is 1.94 bits per heavy atom. The van der Waals surface area contributed by atoms with Crippen molar-refractivity contribution in [3.8, 4) is 0 Å². The number of fused-ring (bicyclic) bond motifs is 3. The summed E-state index contributed by atoms with van der Waals surface area (Å²) in [6.07, 6.45) is 8.07. The van der Waals surface area contributed by atoms with E-state index in [1.807, 2.05) is 28.8 Å². The lowest BCUT2D eigenvalue weighted by atomic mass is 9.45. The molecule has 2 aromatic heterocycles. The Kier molecular flexibility index (Phi) is 6.16. The van der Waals surface area contributed by atoms with E-state index in [1.165, 1.54) is 19.3 Å². The summed E-state index contributed by atoms with van der Waals surface area (Å²) >= 11 is 0. The van der Waals surface area contributed by atoms with Gasteiger partial charge in [0.25, 0.3) is 5.91 Å². The van der Waals surface area contributed by atoms with Crippen LogP contribution >= 0.6 is 0 Å². The third-order valence-electron chi connectivity index (χ3n) is 8.69. The summed E-state index contributed by atoms with van der Waals surface area (Å²) < 4.78 is 1.81. The van der Waals surface area contributed by atoms with Crippen molar-refractivity contribution in [1.29, 1.82) is 0 Å². The average Bonchev–Trinajstić information content (AvgIpc) is 3.24. The molecule has 1 saturated heterocycles. The van der Waals surface area contributed by atoms with Crippen molar-refractivity contribution in [2.45, 2.75) is 52.4 Å². The standard InChI is InChI=1S/C26H37N5O2/c1-26(2)19-7-6-18(21(26)12-19)15-29-25(33)22-4-3-5-23-30-20(16-31(22)23)13-24(32)28-14-17-8-10-27-11-9-17/h3-5,16-19,21,27H,6-15H2,1-2H3,(H,28,32)(H,29,33)/t18-,19+,21+/m0/s1. The number of carbonyl (C=O) groups is 2. The van der Waals surface area contributed by atoms with Crippen LogP contribution in [0.4, 0.5) is 0 Å². The van der Waals surface area contributed by atoms with E-state index in [-0.39, 0.29) is 18.2 Å². The summed E-state index contributed by atoms with van der Waals surface area (Å²) in [5, 5.41) is 9.60. The molecule has 3 N–H and O–H groups in total. The van der Waals surface area contributed by atoms with Gasteiger partial charge >= 0.3 is 0 Å². The Morgan fingerprint density at radius 3 is 2.70 bits per heavy atom. The van der Waals surface area contributed by atoms with E-state index in [0.29, 0.717) is 34.3 Å². The smallest absolute Gasteiger partial charge is 0.268 e. The highest BCUT2D eigenvalue weighted by molar-refractivity contribution is 5.93. The van der Waals surface area contributed by atoms with E-state index in [0.717, 1.165) is 50.9 Å². The Morgan fingerprint density at radius 1 is 1.12 bits per heavy atom. The van der Waals surface area contributed by atoms with Crippen molar-refractivity contribution in [1.82, 2.24) is 25.3 Å². The molecule has 4 fully saturated rings. The van der Waals surface area contributed by atoms with Crippen LogP contribution < -0.4 is 16.0 Å². The van der Waals surface area contributed by atoms with Crippen molar-refractivity contribution in [3.05, 3.63) is 35.8 Å². The van der Waals surface area contributed by atoms with Crippen molar-refractivity contribution in [2.75, 3.05) is 26.2 Å². The van der Waals surface area contributed by atoms with E-state index in [1.54, 1.807) is 0 Å². The SMILES string of the molecule is CC1(C)[C@@H]2CC[C@@H](CNC(=O)c3cccc4nc(CC(=O)NCC5CCNCC5)cn34)[C@H]1C2. The summed E-state index contributed by atoms with van der Waals surface area (Å²) in [5.74, 6) is 2.61. The maximum Gasteiger partial charge on any atom is 0.268 e. The Balaban J connectivity index is 1.19. The number of hydrogen-bond acceptors (Lipinski definition) is 4. The van der Waals surface area contributed by atoms with Gasteiger partial charge < -0.3 is 16.0 Å². The number of rotatable bonds is 7. The molecular weight excluding hydrogens is 414 g/mol. The minimum atomic E-state index is -0.0702. The van der Waals surface area contributed by atoms with Gasteiger partial charge in [-0.05, 0) is 86.4 Å². The molecule has 2 amide bonds. The maximum atomic E-state index is 13.0. The van der Waals surface area contributed by atoms with E-state index in [2.05, 4.69) is 34.8 Å². The van der Waals surface area contributed by atoms with Crippen LogP contribution in [0.1, 0.15) is 62.1 Å². The van der Waals surface area contributed by atoms with Crippen molar-refractivity contribution < 1.29 is 9.59 Å². The molecule has 0 radical (unpaired) electrons. The lowest BCUT2D eigenvalue weighted by Crippen LogP contribution is -2.54. The Hall–Kier alpha value is -2.41. The normalized spacial score (nSPS) is 26.5. The molecule has 6 rings (SSSR count). The minimum absolute atomic E-state index is 0.0124. The molecule has 3 saturated carbocycles. The number of pyridine rings is 1. The molecule has 4 aliphatic rings. The number of nitrogens with zero attached hydrogens (tertiary/aromatic N) is 2. The Labute approximate surface area is 196 Å². The molecule has 3 atom stereocenters. The number of hydrogen-bond donors (Lipinski definition) is 3. The fourth-order valence-corrected chi connectivity index (χ4v) is 6.42. The molecule has 7 nitrogen and oxygen atoms in total. The minimum Gasteiger partial charge on any atom is -0.355 e. The lowest BCUT2D eigenvalue weighted by Gasteiger charge is -2.60. The van der Waals surface area contributed by atoms with Crippen LogP contribution in [0.15, 0.2) is 24.4 Å². The average molecular weight is 452 g/mol. The zero-order chi connectivity index (χ0) is 23.0. The first kappa shape index (κ1) is 22.4. The number of nitrogens with one attached hydrogen (secondary N) is 3. The highest BCUT2D eigenvalue weighted by Gasteiger charge is 2.53. The zero-order valence-corrected chi connectivity index (χ0v) is 19.9. The summed E-state index contributed by atoms with van der Waals surface area (Å²) in [7, 11) is 0. The third-order valence-corrected chi connectivity index (χ3v) is 8.69. The second-order valence-electron chi connectivity index (χ2n) is 11.0. The third kappa shape index (κ3) is 4.52. The zero-order valence-electron chi connectivity index (χ0n) is 19.9. The fourth-order valence-electron chi connectivity index (χ4n) is 6.42. The van der Waals surface area contributed by atoms with Crippen molar-refractivity contribution in [3.63, 3.8) is 0 Å². The number of carbonyl (C=O) groups excluding carboxylic acids is 2. The van der Waals surface area contributed by atoms with Gasteiger partial charge in [-0.15, -0.1) is 0 Å². The van der Waals surface area contributed by atoms with Gasteiger partial charge in [-0.2, -0.15) is 0 Å². The molecule has 7 heteroatoms. The Bertz CT molecular complexity index is 1020. The molecular formula is C26H37N5O2. The van der Waals surface area contributed by atoms with Gasteiger partial charge in [0, 0.05) is 19.3 Å². The van der Waals surface area contributed by atoms with Gasteiger partial charge in [-0.25, -0.2) is 4.98 Å². The number of imidazole rings is 1. The molecule has 0 spiro atoms. The fraction of sp³-hybridized carbons (Fsp3) is 0.654. The van der Waals surface area contributed by atoms with Gasteiger partial charge in [0.15, 0.2) is 0 Å². The molecule has 1 aliphatic heterocycles. The number of aromatic nitrogens is 2. The van der Waals surface area contributed by atoms with Gasteiger partial charge in [0.05, 0.1) is 12.1 Å². The van der Waals surface area contributed by atoms with Crippen LogP contribution in [0.2, 0.25) is 0 Å². The van der Waals surface area contributed by atoms with Gasteiger partial charge in [0.2, 0.25) is 5.91 Å².